The molecule has 1 aliphatic rings. The maximum Gasteiger partial charge on any atom is 0.230 e. The number of morpholine rings is 1. The fourth-order valence-corrected chi connectivity index (χ4v) is 4.80. The second-order valence-corrected chi connectivity index (χ2v) is 8.59. The maximum absolute atomic E-state index is 12.7. The Kier molecular flexibility index (Phi) is 7.54. The minimum atomic E-state index is 0.0576. The third-order valence-corrected chi connectivity index (χ3v) is 6.48. The number of quaternary nitrogens is 1. The van der Waals surface area contributed by atoms with Gasteiger partial charge in [0, 0.05) is 10.5 Å². The van der Waals surface area contributed by atoms with Crippen molar-refractivity contribution in [3.8, 4) is 0 Å². The first kappa shape index (κ1) is 20.9. The molecule has 0 saturated carbocycles. The Morgan fingerprint density at radius 1 is 1.14 bits per heavy atom. The van der Waals surface area contributed by atoms with Crippen molar-refractivity contribution in [2.75, 3.05) is 32.1 Å². The number of hydrogen-bond acceptors (Lipinski definition) is 3. The third kappa shape index (κ3) is 5.60. The highest BCUT2D eigenvalue weighted by atomic mass is 32.2. The molecule has 5 heteroatoms. The van der Waals surface area contributed by atoms with Gasteiger partial charge in [-0.25, -0.2) is 0 Å². The highest BCUT2D eigenvalue weighted by molar-refractivity contribution is 8.00. The first-order valence-corrected chi connectivity index (χ1v) is 11.0. The molecule has 0 aliphatic carbocycles. The van der Waals surface area contributed by atoms with Gasteiger partial charge in [-0.15, -0.1) is 11.8 Å². The van der Waals surface area contributed by atoms with E-state index in [0.717, 1.165) is 26.3 Å². The monoisotopic (exact) mass is 399 g/mol. The standard InChI is InChI=1S/C23H30N2O2S/c1-17-9-10-18(2)21(15-17)28-16-22(26)24-19(3)23(20-7-5-4-6-8-20)25-11-13-27-14-12-25/h4-10,15,19,23H,11-14,16H2,1-3H3,(H,24,26)/p+1/t19-,23-/m0/s1. The van der Waals surface area contributed by atoms with E-state index in [-0.39, 0.29) is 18.0 Å². The van der Waals surface area contributed by atoms with E-state index in [0.29, 0.717) is 5.75 Å². The first-order chi connectivity index (χ1) is 13.5. The lowest BCUT2D eigenvalue weighted by atomic mass is 9.98. The van der Waals surface area contributed by atoms with Crippen molar-refractivity contribution in [2.24, 2.45) is 0 Å². The molecule has 1 saturated heterocycles. The smallest absolute Gasteiger partial charge is 0.230 e. The van der Waals surface area contributed by atoms with E-state index >= 15 is 0 Å². The number of hydrogen-bond donors (Lipinski definition) is 2. The Labute approximate surface area is 172 Å². The summed E-state index contributed by atoms with van der Waals surface area (Å²) in [6, 6.07) is 17.2. The highest BCUT2D eigenvalue weighted by Crippen LogP contribution is 2.23. The summed E-state index contributed by atoms with van der Waals surface area (Å²) in [6.07, 6.45) is 0. The van der Waals surface area contributed by atoms with Gasteiger partial charge < -0.3 is 15.0 Å². The zero-order valence-electron chi connectivity index (χ0n) is 17.0. The van der Waals surface area contributed by atoms with E-state index in [1.165, 1.54) is 26.5 Å². The summed E-state index contributed by atoms with van der Waals surface area (Å²) in [6.45, 7) is 9.80. The number of amides is 1. The van der Waals surface area contributed by atoms with Crippen LogP contribution >= 0.6 is 11.8 Å². The molecule has 2 aromatic carbocycles. The summed E-state index contributed by atoms with van der Waals surface area (Å²) in [5.41, 5.74) is 3.72. The lowest BCUT2D eigenvalue weighted by molar-refractivity contribution is -0.940. The lowest BCUT2D eigenvalue weighted by Gasteiger charge is -2.35. The third-order valence-electron chi connectivity index (χ3n) is 5.32. The fourth-order valence-electron chi connectivity index (χ4n) is 3.87. The molecule has 1 fully saturated rings. The van der Waals surface area contributed by atoms with E-state index in [9.17, 15) is 4.79 Å². The van der Waals surface area contributed by atoms with Crippen LogP contribution in [0.3, 0.4) is 0 Å². The molecule has 28 heavy (non-hydrogen) atoms. The molecule has 0 radical (unpaired) electrons. The average Bonchev–Trinajstić information content (AvgIpc) is 2.70. The number of rotatable bonds is 7. The molecule has 4 nitrogen and oxygen atoms in total. The van der Waals surface area contributed by atoms with Crippen LogP contribution in [-0.2, 0) is 9.53 Å². The topological polar surface area (TPSA) is 42.8 Å². The molecule has 150 valence electrons. The Bertz CT molecular complexity index is 775. The molecule has 2 aromatic rings. The van der Waals surface area contributed by atoms with Crippen LogP contribution in [0.1, 0.15) is 29.7 Å². The summed E-state index contributed by atoms with van der Waals surface area (Å²) < 4.78 is 5.54. The van der Waals surface area contributed by atoms with Crippen molar-refractivity contribution in [2.45, 2.75) is 37.8 Å². The Hall–Kier alpha value is -1.82. The van der Waals surface area contributed by atoms with E-state index < -0.39 is 0 Å². The van der Waals surface area contributed by atoms with Gasteiger partial charge in [-0.2, -0.15) is 0 Å². The fraction of sp³-hybridized carbons (Fsp3) is 0.435. The van der Waals surface area contributed by atoms with Crippen LogP contribution in [0.25, 0.3) is 0 Å². The maximum atomic E-state index is 12.7. The van der Waals surface area contributed by atoms with Gasteiger partial charge in [-0.05, 0) is 32.4 Å². The van der Waals surface area contributed by atoms with Crippen molar-refractivity contribution >= 4 is 17.7 Å². The molecule has 1 amide bonds. The van der Waals surface area contributed by atoms with Crippen LogP contribution in [-0.4, -0.2) is 44.0 Å². The van der Waals surface area contributed by atoms with Gasteiger partial charge >= 0.3 is 0 Å². The van der Waals surface area contributed by atoms with Gasteiger partial charge in [0.05, 0.1) is 25.0 Å². The lowest BCUT2D eigenvalue weighted by Crippen LogP contribution is -3.15. The number of nitrogens with one attached hydrogen (secondary N) is 2. The van der Waals surface area contributed by atoms with Crippen LogP contribution in [0.15, 0.2) is 53.4 Å². The number of aryl methyl sites for hydroxylation is 2. The van der Waals surface area contributed by atoms with Crippen molar-refractivity contribution in [1.82, 2.24) is 5.32 Å². The number of carbonyl (C=O) groups excluding carboxylic acids is 1. The van der Waals surface area contributed by atoms with E-state index in [4.69, 9.17) is 4.74 Å². The van der Waals surface area contributed by atoms with Crippen molar-refractivity contribution in [1.29, 1.82) is 0 Å². The highest BCUT2D eigenvalue weighted by Gasteiger charge is 2.32. The summed E-state index contributed by atoms with van der Waals surface area (Å²) in [7, 11) is 0. The summed E-state index contributed by atoms with van der Waals surface area (Å²) >= 11 is 1.62. The molecular weight excluding hydrogens is 368 g/mol. The first-order valence-electron chi connectivity index (χ1n) is 10.0. The van der Waals surface area contributed by atoms with Crippen LogP contribution < -0.4 is 10.2 Å². The average molecular weight is 400 g/mol. The van der Waals surface area contributed by atoms with Crippen molar-refractivity contribution < 1.29 is 14.4 Å². The molecule has 1 heterocycles. The van der Waals surface area contributed by atoms with E-state index in [2.05, 4.69) is 68.6 Å². The Morgan fingerprint density at radius 2 is 1.86 bits per heavy atom. The molecular formula is C23H31N2O2S+. The molecule has 0 spiro atoms. The van der Waals surface area contributed by atoms with Crippen molar-refractivity contribution in [3.05, 3.63) is 65.2 Å². The number of carbonyl (C=O) groups is 1. The SMILES string of the molecule is Cc1ccc(C)c(SCC(=O)N[C@@H](C)[C@@H](c2ccccc2)[NH+]2CCOCC2)c1. The van der Waals surface area contributed by atoms with Gasteiger partial charge in [-0.1, -0.05) is 48.0 Å². The molecule has 0 bridgehead atoms. The van der Waals surface area contributed by atoms with Gasteiger partial charge in [0.25, 0.3) is 0 Å². The summed E-state index contributed by atoms with van der Waals surface area (Å²) in [5, 5.41) is 3.26. The molecule has 0 unspecified atom stereocenters. The summed E-state index contributed by atoms with van der Waals surface area (Å²) in [5.74, 6) is 0.529. The minimum Gasteiger partial charge on any atom is -0.370 e. The van der Waals surface area contributed by atoms with E-state index in [1.54, 1.807) is 11.8 Å². The number of benzene rings is 2. The zero-order chi connectivity index (χ0) is 19.9. The molecule has 3 rings (SSSR count). The van der Waals surface area contributed by atoms with Gasteiger partial charge in [0.1, 0.15) is 19.1 Å². The Balaban J connectivity index is 1.64. The van der Waals surface area contributed by atoms with Crippen LogP contribution in [0, 0.1) is 13.8 Å². The quantitative estimate of drug-likeness (QED) is 0.703. The second-order valence-electron chi connectivity index (χ2n) is 7.57. The molecule has 0 aromatic heterocycles. The predicted molar refractivity (Wildman–Crippen MR) is 115 cm³/mol. The molecule has 2 N–H and O–H groups in total. The normalized spacial score (nSPS) is 17.1. The summed E-state index contributed by atoms with van der Waals surface area (Å²) in [4.78, 5) is 15.3. The minimum absolute atomic E-state index is 0.0576. The predicted octanol–water partition coefficient (Wildman–Crippen LogP) is 2.56. The van der Waals surface area contributed by atoms with Crippen molar-refractivity contribution in [3.63, 3.8) is 0 Å². The molecule has 1 aliphatic heterocycles. The largest absolute Gasteiger partial charge is 0.370 e. The van der Waals surface area contributed by atoms with Crippen LogP contribution in [0.5, 0.6) is 0 Å². The second kappa shape index (κ2) is 10.1. The number of ether oxygens (including phenoxy) is 1. The Morgan fingerprint density at radius 3 is 2.57 bits per heavy atom. The van der Waals surface area contributed by atoms with Gasteiger partial charge in [-0.3, -0.25) is 4.79 Å². The van der Waals surface area contributed by atoms with Crippen LogP contribution in [0.4, 0.5) is 0 Å². The van der Waals surface area contributed by atoms with Gasteiger partial charge in [0.2, 0.25) is 5.91 Å². The molecule has 2 atom stereocenters. The zero-order valence-corrected chi connectivity index (χ0v) is 17.9. The number of thioether (sulfide) groups is 1. The van der Waals surface area contributed by atoms with Gasteiger partial charge in [0.15, 0.2) is 0 Å². The van der Waals surface area contributed by atoms with E-state index in [1.807, 2.05) is 6.07 Å². The van der Waals surface area contributed by atoms with Crippen LogP contribution in [0.2, 0.25) is 0 Å².